The molecule has 0 atom stereocenters. The molecule has 140 valence electrons. The minimum absolute atomic E-state index is 0.114. The molecule has 2 saturated heterocycles. The van der Waals surface area contributed by atoms with Crippen molar-refractivity contribution in [1.82, 2.24) is 9.97 Å². The number of rotatable bonds is 3. The molecule has 0 amide bonds. The van der Waals surface area contributed by atoms with Gasteiger partial charge in [0.25, 0.3) is 0 Å². The summed E-state index contributed by atoms with van der Waals surface area (Å²) in [7, 11) is 0. The van der Waals surface area contributed by atoms with E-state index < -0.39 is 5.82 Å². The average Bonchev–Trinajstić information content (AvgIpc) is 2.74. The number of nitriles is 1. The van der Waals surface area contributed by atoms with Crippen LogP contribution in [0, 0.1) is 17.1 Å². The van der Waals surface area contributed by atoms with Crippen molar-refractivity contribution in [2.45, 2.75) is 0 Å². The molecule has 8 heteroatoms. The summed E-state index contributed by atoms with van der Waals surface area (Å²) in [6, 6.07) is 8.68. The Hall–Kier alpha value is -2.92. The third-order valence-electron chi connectivity index (χ3n) is 4.97. The van der Waals surface area contributed by atoms with Crippen molar-refractivity contribution in [3.8, 4) is 6.07 Å². The topological polar surface area (TPSA) is 68.5 Å². The summed E-state index contributed by atoms with van der Waals surface area (Å²) in [5.74, 6) is 1.16. The van der Waals surface area contributed by atoms with E-state index in [1.807, 2.05) is 12.1 Å². The van der Waals surface area contributed by atoms with Crippen LogP contribution in [0.1, 0.15) is 5.56 Å². The van der Waals surface area contributed by atoms with Gasteiger partial charge in [0.05, 0.1) is 18.9 Å². The van der Waals surface area contributed by atoms with Gasteiger partial charge in [-0.2, -0.15) is 10.2 Å². The summed E-state index contributed by atoms with van der Waals surface area (Å²) in [5, 5.41) is 9.26. The van der Waals surface area contributed by atoms with Crippen LogP contribution >= 0.6 is 0 Å². The fraction of sp³-hybridized carbons (Fsp3) is 0.421. The number of anilines is 3. The van der Waals surface area contributed by atoms with E-state index in [0.717, 1.165) is 37.9 Å². The molecular formula is C19H21FN6O. The zero-order valence-corrected chi connectivity index (χ0v) is 15.0. The predicted molar refractivity (Wildman–Crippen MR) is 101 cm³/mol. The van der Waals surface area contributed by atoms with Gasteiger partial charge in [0.2, 0.25) is 5.95 Å². The first-order valence-corrected chi connectivity index (χ1v) is 9.10. The Morgan fingerprint density at radius 3 is 2.44 bits per heavy atom. The number of benzene rings is 1. The van der Waals surface area contributed by atoms with Gasteiger partial charge in [0.1, 0.15) is 23.3 Å². The number of morpholine rings is 1. The molecule has 7 nitrogen and oxygen atoms in total. The summed E-state index contributed by atoms with van der Waals surface area (Å²) < 4.78 is 19.3. The van der Waals surface area contributed by atoms with E-state index in [0.29, 0.717) is 32.0 Å². The molecule has 0 saturated carbocycles. The van der Waals surface area contributed by atoms with E-state index in [9.17, 15) is 9.65 Å². The number of halogens is 1. The minimum Gasteiger partial charge on any atom is -0.378 e. The lowest BCUT2D eigenvalue weighted by Crippen LogP contribution is -2.47. The van der Waals surface area contributed by atoms with Crippen LogP contribution in [-0.4, -0.2) is 62.5 Å². The van der Waals surface area contributed by atoms with Crippen LogP contribution < -0.4 is 14.7 Å². The van der Waals surface area contributed by atoms with Crippen molar-refractivity contribution in [3.05, 3.63) is 41.8 Å². The SMILES string of the molecule is N#Cc1c(F)cccc1N1CCN(c2ccnc(N3CCOCC3)n2)CC1. The maximum Gasteiger partial charge on any atom is 0.227 e. The maximum absolute atomic E-state index is 13.9. The second-order valence-corrected chi connectivity index (χ2v) is 6.53. The first-order valence-electron chi connectivity index (χ1n) is 9.10. The Balaban J connectivity index is 1.45. The van der Waals surface area contributed by atoms with Gasteiger partial charge in [0.15, 0.2) is 0 Å². The molecule has 2 aliphatic rings. The van der Waals surface area contributed by atoms with Crippen LogP contribution in [-0.2, 0) is 4.74 Å². The quantitative estimate of drug-likeness (QED) is 0.816. The first kappa shape index (κ1) is 17.5. The molecule has 0 bridgehead atoms. The third kappa shape index (κ3) is 3.64. The van der Waals surface area contributed by atoms with Gasteiger partial charge < -0.3 is 19.4 Å². The Labute approximate surface area is 157 Å². The lowest BCUT2D eigenvalue weighted by atomic mass is 10.1. The number of nitrogens with zero attached hydrogens (tertiary/aromatic N) is 6. The fourth-order valence-electron chi connectivity index (χ4n) is 3.49. The van der Waals surface area contributed by atoms with Crippen molar-refractivity contribution in [3.63, 3.8) is 0 Å². The number of piperazine rings is 1. The highest BCUT2D eigenvalue weighted by molar-refractivity contribution is 5.61. The molecule has 0 N–H and O–H groups in total. The van der Waals surface area contributed by atoms with Crippen molar-refractivity contribution in [2.75, 3.05) is 67.2 Å². The third-order valence-corrected chi connectivity index (χ3v) is 4.97. The smallest absolute Gasteiger partial charge is 0.227 e. The standard InChI is InChI=1S/C19H21FN6O/c20-16-2-1-3-17(15(16)14-21)24-6-8-25(9-7-24)18-4-5-22-19(23-18)26-10-12-27-13-11-26/h1-5H,6-13H2. The number of ether oxygens (including phenoxy) is 1. The Morgan fingerprint density at radius 2 is 1.70 bits per heavy atom. The summed E-state index contributed by atoms with van der Waals surface area (Å²) in [6.07, 6.45) is 1.79. The van der Waals surface area contributed by atoms with Crippen LogP contribution in [0.25, 0.3) is 0 Å². The zero-order chi connectivity index (χ0) is 18.6. The molecule has 2 aromatic rings. The Bertz CT molecular complexity index is 840. The van der Waals surface area contributed by atoms with Crippen LogP contribution in [0.5, 0.6) is 0 Å². The number of aromatic nitrogens is 2. The number of hydrogen-bond donors (Lipinski definition) is 0. The van der Waals surface area contributed by atoms with E-state index in [1.54, 1.807) is 18.3 Å². The fourth-order valence-corrected chi connectivity index (χ4v) is 3.49. The molecule has 2 fully saturated rings. The van der Waals surface area contributed by atoms with Gasteiger partial charge in [-0.15, -0.1) is 0 Å². The molecule has 1 aromatic heterocycles. The highest BCUT2D eigenvalue weighted by Crippen LogP contribution is 2.25. The Morgan fingerprint density at radius 1 is 0.963 bits per heavy atom. The molecule has 2 aliphatic heterocycles. The normalized spacial score (nSPS) is 17.7. The van der Waals surface area contributed by atoms with Crippen LogP contribution in [0.4, 0.5) is 21.8 Å². The van der Waals surface area contributed by atoms with Crippen molar-refractivity contribution in [1.29, 1.82) is 5.26 Å². The second-order valence-electron chi connectivity index (χ2n) is 6.53. The highest BCUT2D eigenvalue weighted by Gasteiger charge is 2.22. The molecule has 1 aromatic carbocycles. The molecule has 27 heavy (non-hydrogen) atoms. The summed E-state index contributed by atoms with van der Waals surface area (Å²) in [4.78, 5) is 15.5. The maximum atomic E-state index is 13.9. The number of hydrogen-bond acceptors (Lipinski definition) is 7. The lowest BCUT2D eigenvalue weighted by Gasteiger charge is -2.37. The second kappa shape index (κ2) is 7.76. The molecule has 0 aliphatic carbocycles. The molecule has 4 rings (SSSR count). The summed E-state index contributed by atoms with van der Waals surface area (Å²) in [6.45, 7) is 5.90. The van der Waals surface area contributed by atoms with Crippen LogP contribution in [0.15, 0.2) is 30.5 Å². The largest absolute Gasteiger partial charge is 0.378 e. The van der Waals surface area contributed by atoms with Gasteiger partial charge in [-0.3, -0.25) is 0 Å². The van der Waals surface area contributed by atoms with Gasteiger partial charge in [0, 0.05) is 45.5 Å². The van der Waals surface area contributed by atoms with Gasteiger partial charge in [-0.25, -0.2) is 9.37 Å². The lowest BCUT2D eigenvalue weighted by molar-refractivity contribution is 0.122. The minimum atomic E-state index is -0.469. The highest BCUT2D eigenvalue weighted by atomic mass is 19.1. The monoisotopic (exact) mass is 368 g/mol. The first-order chi connectivity index (χ1) is 13.3. The van der Waals surface area contributed by atoms with Gasteiger partial charge in [-0.05, 0) is 18.2 Å². The molecule has 0 radical (unpaired) electrons. The van der Waals surface area contributed by atoms with Crippen LogP contribution in [0.2, 0.25) is 0 Å². The molecule has 0 unspecified atom stereocenters. The molecule has 0 spiro atoms. The molecule has 3 heterocycles. The average molecular weight is 368 g/mol. The summed E-state index contributed by atoms with van der Waals surface area (Å²) >= 11 is 0. The van der Waals surface area contributed by atoms with Gasteiger partial charge in [-0.1, -0.05) is 6.07 Å². The van der Waals surface area contributed by atoms with E-state index >= 15 is 0 Å². The summed E-state index contributed by atoms with van der Waals surface area (Å²) in [5.41, 5.74) is 0.774. The van der Waals surface area contributed by atoms with Gasteiger partial charge >= 0.3 is 0 Å². The van der Waals surface area contributed by atoms with Crippen molar-refractivity contribution in [2.24, 2.45) is 0 Å². The van der Waals surface area contributed by atoms with E-state index in [1.165, 1.54) is 6.07 Å². The van der Waals surface area contributed by atoms with E-state index in [4.69, 9.17) is 9.72 Å². The van der Waals surface area contributed by atoms with E-state index in [2.05, 4.69) is 19.7 Å². The molecular weight excluding hydrogens is 347 g/mol. The van der Waals surface area contributed by atoms with Crippen LogP contribution in [0.3, 0.4) is 0 Å². The Kier molecular flexibility index (Phi) is 5.03. The van der Waals surface area contributed by atoms with Crippen molar-refractivity contribution >= 4 is 17.5 Å². The zero-order valence-electron chi connectivity index (χ0n) is 15.0. The van der Waals surface area contributed by atoms with E-state index in [-0.39, 0.29) is 5.56 Å². The predicted octanol–water partition coefficient (Wildman–Crippen LogP) is 1.65. The van der Waals surface area contributed by atoms with Crippen molar-refractivity contribution < 1.29 is 9.13 Å².